The summed E-state index contributed by atoms with van der Waals surface area (Å²) < 4.78 is 0.785. The van der Waals surface area contributed by atoms with Crippen molar-refractivity contribution in [3.05, 3.63) is 20.8 Å². The standard InChI is InChI=1S/C8H11ClOS/c1-3-6(10)7-4-5(2)8(9)11-7/h4,6,10H,3H2,1-2H3/t6-/m1/s1. The third-order valence-electron chi connectivity index (χ3n) is 1.59. The molecule has 0 aliphatic rings. The lowest BCUT2D eigenvalue weighted by Gasteiger charge is -2.01. The molecule has 0 saturated heterocycles. The largest absolute Gasteiger partial charge is 0.388 e. The van der Waals surface area contributed by atoms with Gasteiger partial charge in [0.2, 0.25) is 0 Å². The normalized spacial score (nSPS) is 13.5. The highest BCUT2D eigenvalue weighted by Gasteiger charge is 2.09. The fourth-order valence-corrected chi connectivity index (χ4v) is 2.14. The predicted octanol–water partition coefficient (Wildman–Crippen LogP) is 3.15. The molecule has 3 heteroatoms. The summed E-state index contributed by atoms with van der Waals surface area (Å²) in [6, 6.07) is 1.95. The first kappa shape index (κ1) is 9.04. The molecule has 1 aromatic heterocycles. The summed E-state index contributed by atoms with van der Waals surface area (Å²) in [6.45, 7) is 3.90. The Morgan fingerprint density at radius 1 is 1.73 bits per heavy atom. The molecule has 1 aromatic rings. The number of hydrogen-bond donors (Lipinski definition) is 1. The van der Waals surface area contributed by atoms with Crippen LogP contribution in [0.4, 0.5) is 0 Å². The molecule has 0 aromatic carbocycles. The van der Waals surface area contributed by atoms with E-state index in [2.05, 4.69) is 0 Å². The molecule has 0 amide bonds. The van der Waals surface area contributed by atoms with Crippen molar-refractivity contribution >= 4 is 22.9 Å². The summed E-state index contributed by atoms with van der Waals surface area (Å²) in [6.07, 6.45) is 0.405. The van der Waals surface area contributed by atoms with Crippen LogP contribution in [0.1, 0.15) is 29.9 Å². The van der Waals surface area contributed by atoms with Gasteiger partial charge in [0.1, 0.15) is 0 Å². The van der Waals surface area contributed by atoms with Crippen molar-refractivity contribution in [2.75, 3.05) is 0 Å². The molecular weight excluding hydrogens is 180 g/mol. The van der Waals surface area contributed by atoms with Gasteiger partial charge in [-0.2, -0.15) is 0 Å². The topological polar surface area (TPSA) is 20.2 Å². The zero-order valence-corrected chi connectivity index (χ0v) is 8.17. The minimum atomic E-state index is -0.341. The molecule has 0 fully saturated rings. The Hall–Kier alpha value is -0.0500. The van der Waals surface area contributed by atoms with E-state index in [0.29, 0.717) is 0 Å². The Morgan fingerprint density at radius 2 is 2.36 bits per heavy atom. The van der Waals surface area contributed by atoms with Gasteiger partial charge in [-0.15, -0.1) is 11.3 Å². The number of halogens is 1. The Balaban J connectivity index is 2.88. The zero-order valence-electron chi connectivity index (χ0n) is 6.60. The van der Waals surface area contributed by atoms with Crippen LogP contribution in [0.15, 0.2) is 6.07 Å². The molecule has 1 atom stereocenters. The summed E-state index contributed by atoms with van der Waals surface area (Å²) in [7, 11) is 0. The van der Waals surface area contributed by atoms with E-state index >= 15 is 0 Å². The van der Waals surface area contributed by atoms with Gasteiger partial charge in [0, 0.05) is 4.88 Å². The molecule has 0 unspecified atom stereocenters. The van der Waals surface area contributed by atoms with Crippen molar-refractivity contribution in [3.8, 4) is 0 Å². The number of aliphatic hydroxyl groups excluding tert-OH is 1. The monoisotopic (exact) mass is 190 g/mol. The highest BCUT2D eigenvalue weighted by molar-refractivity contribution is 7.16. The molecule has 1 N–H and O–H groups in total. The number of hydrogen-bond acceptors (Lipinski definition) is 2. The van der Waals surface area contributed by atoms with Gasteiger partial charge < -0.3 is 5.11 Å². The second-order valence-electron chi connectivity index (χ2n) is 2.53. The zero-order chi connectivity index (χ0) is 8.43. The van der Waals surface area contributed by atoms with Gasteiger partial charge in [-0.3, -0.25) is 0 Å². The minimum absolute atomic E-state index is 0.341. The maximum atomic E-state index is 9.42. The van der Waals surface area contributed by atoms with Crippen LogP contribution in [-0.2, 0) is 0 Å². The van der Waals surface area contributed by atoms with E-state index in [1.807, 2.05) is 19.9 Å². The third kappa shape index (κ3) is 1.95. The molecule has 11 heavy (non-hydrogen) atoms. The molecule has 62 valence electrons. The van der Waals surface area contributed by atoms with Crippen LogP contribution in [0.25, 0.3) is 0 Å². The van der Waals surface area contributed by atoms with Crippen molar-refractivity contribution in [3.63, 3.8) is 0 Å². The summed E-state index contributed by atoms with van der Waals surface area (Å²) in [4.78, 5) is 0.968. The maximum absolute atomic E-state index is 9.42. The second kappa shape index (κ2) is 3.57. The van der Waals surface area contributed by atoms with E-state index in [1.165, 1.54) is 11.3 Å². The first-order valence-electron chi connectivity index (χ1n) is 3.59. The number of rotatable bonds is 2. The average Bonchev–Trinajstić information content (AvgIpc) is 2.31. The SMILES string of the molecule is CC[C@@H](O)c1cc(C)c(Cl)s1. The van der Waals surface area contributed by atoms with Crippen LogP contribution in [0, 0.1) is 6.92 Å². The van der Waals surface area contributed by atoms with Crippen molar-refractivity contribution in [2.45, 2.75) is 26.4 Å². The fraction of sp³-hybridized carbons (Fsp3) is 0.500. The fourth-order valence-electron chi connectivity index (χ4n) is 0.849. The third-order valence-corrected chi connectivity index (χ3v) is 3.25. The molecule has 0 radical (unpaired) electrons. The molecule has 1 nitrogen and oxygen atoms in total. The summed E-state index contributed by atoms with van der Waals surface area (Å²) in [5.74, 6) is 0. The quantitative estimate of drug-likeness (QED) is 0.760. The summed E-state index contributed by atoms with van der Waals surface area (Å²) in [5.41, 5.74) is 1.05. The smallest absolute Gasteiger partial charge is 0.0961 e. The van der Waals surface area contributed by atoms with E-state index in [-0.39, 0.29) is 6.10 Å². The molecule has 1 heterocycles. The lowest BCUT2D eigenvalue weighted by molar-refractivity contribution is 0.177. The Bertz CT molecular complexity index is 225. The first-order chi connectivity index (χ1) is 5.15. The Kier molecular flexibility index (Phi) is 2.93. The number of aliphatic hydroxyl groups is 1. The van der Waals surface area contributed by atoms with Gasteiger partial charge in [0.25, 0.3) is 0 Å². The van der Waals surface area contributed by atoms with Gasteiger partial charge in [0.15, 0.2) is 0 Å². The van der Waals surface area contributed by atoms with Crippen LogP contribution in [-0.4, -0.2) is 5.11 Å². The molecule has 1 rings (SSSR count). The summed E-state index contributed by atoms with van der Waals surface area (Å²) in [5, 5.41) is 9.42. The van der Waals surface area contributed by atoms with Crippen LogP contribution in [0.3, 0.4) is 0 Å². The highest BCUT2D eigenvalue weighted by Crippen LogP contribution is 2.31. The average molecular weight is 191 g/mol. The van der Waals surface area contributed by atoms with Gasteiger partial charge in [-0.1, -0.05) is 18.5 Å². The van der Waals surface area contributed by atoms with Gasteiger partial charge in [0.05, 0.1) is 10.4 Å². The lowest BCUT2D eigenvalue weighted by Crippen LogP contribution is -1.89. The van der Waals surface area contributed by atoms with Crippen molar-refractivity contribution in [2.24, 2.45) is 0 Å². The van der Waals surface area contributed by atoms with Crippen LogP contribution in [0.5, 0.6) is 0 Å². The number of thiophene rings is 1. The van der Waals surface area contributed by atoms with Crippen LogP contribution < -0.4 is 0 Å². The van der Waals surface area contributed by atoms with E-state index in [1.54, 1.807) is 0 Å². The Morgan fingerprint density at radius 3 is 2.73 bits per heavy atom. The van der Waals surface area contributed by atoms with Gasteiger partial charge in [-0.05, 0) is 25.0 Å². The van der Waals surface area contributed by atoms with Crippen LogP contribution >= 0.6 is 22.9 Å². The van der Waals surface area contributed by atoms with Crippen molar-refractivity contribution < 1.29 is 5.11 Å². The van der Waals surface area contributed by atoms with Crippen LogP contribution in [0.2, 0.25) is 4.34 Å². The maximum Gasteiger partial charge on any atom is 0.0961 e. The van der Waals surface area contributed by atoms with Gasteiger partial charge in [-0.25, -0.2) is 0 Å². The molecule has 0 aliphatic carbocycles. The second-order valence-corrected chi connectivity index (χ2v) is 4.22. The first-order valence-corrected chi connectivity index (χ1v) is 4.78. The summed E-state index contributed by atoms with van der Waals surface area (Å²) >= 11 is 7.30. The minimum Gasteiger partial charge on any atom is -0.388 e. The van der Waals surface area contributed by atoms with Crippen molar-refractivity contribution in [1.82, 2.24) is 0 Å². The molecule has 0 bridgehead atoms. The van der Waals surface area contributed by atoms with E-state index < -0.39 is 0 Å². The molecule has 0 spiro atoms. The lowest BCUT2D eigenvalue weighted by atomic mass is 10.2. The van der Waals surface area contributed by atoms with E-state index in [4.69, 9.17) is 11.6 Å². The van der Waals surface area contributed by atoms with Crippen molar-refractivity contribution in [1.29, 1.82) is 0 Å². The molecule has 0 saturated carbocycles. The highest BCUT2D eigenvalue weighted by atomic mass is 35.5. The van der Waals surface area contributed by atoms with Gasteiger partial charge >= 0.3 is 0 Å². The van der Waals surface area contributed by atoms with E-state index in [0.717, 1.165) is 21.2 Å². The molecule has 0 aliphatic heterocycles. The Labute approximate surface area is 75.6 Å². The predicted molar refractivity (Wildman–Crippen MR) is 49.3 cm³/mol. The van der Waals surface area contributed by atoms with E-state index in [9.17, 15) is 5.11 Å². The molecular formula is C8H11ClOS. The number of aryl methyl sites for hydroxylation is 1.